The minimum atomic E-state index is 0.113. The molecule has 0 radical (unpaired) electrons. The predicted octanol–water partition coefficient (Wildman–Crippen LogP) is 3.83. The van der Waals surface area contributed by atoms with Gasteiger partial charge >= 0.3 is 0 Å². The Hall–Kier alpha value is -2.17. The van der Waals surface area contributed by atoms with Gasteiger partial charge in [0, 0.05) is 31.3 Å². The number of hydrogen-bond acceptors (Lipinski definition) is 3. The standard InChI is InChI=1S/C24H32N2O2/c1-18-7-4-5-9-22(18)19-10-12-20(13-11-19)24(28)26-15-14-23(25(2)3)21(17-26)8-6-16-27/h4-5,7,9-13,21,23,27H,6,8,14-17H2,1-3H3/t21-,23+/m0/s1. The molecule has 1 aliphatic rings. The number of amides is 1. The highest BCUT2D eigenvalue weighted by Crippen LogP contribution is 2.27. The van der Waals surface area contributed by atoms with Crippen molar-refractivity contribution in [2.24, 2.45) is 5.92 Å². The van der Waals surface area contributed by atoms with Crippen molar-refractivity contribution in [2.75, 3.05) is 33.8 Å². The maximum atomic E-state index is 13.1. The van der Waals surface area contributed by atoms with Crippen LogP contribution in [0.5, 0.6) is 0 Å². The summed E-state index contributed by atoms with van der Waals surface area (Å²) in [7, 11) is 4.22. The molecule has 1 N–H and O–H groups in total. The Bertz CT molecular complexity index is 785. The zero-order valence-corrected chi connectivity index (χ0v) is 17.3. The van der Waals surface area contributed by atoms with E-state index in [1.165, 1.54) is 11.1 Å². The van der Waals surface area contributed by atoms with Crippen molar-refractivity contribution >= 4 is 5.91 Å². The average Bonchev–Trinajstić information content (AvgIpc) is 2.72. The van der Waals surface area contributed by atoms with Crippen LogP contribution in [-0.2, 0) is 0 Å². The van der Waals surface area contributed by atoms with Crippen LogP contribution in [0.3, 0.4) is 0 Å². The van der Waals surface area contributed by atoms with Crippen LogP contribution in [0.15, 0.2) is 48.5 Å². The van der Waals surface area contributed by atoms with Gasteiger partial charge in [-0.05, 0) is 75.0 Å². The molecule has 0 spiro atoms. The van der Waals surface area contributed by atoms with Crippen LogP contribution in [0.1, 0.15) is 35.2 Å². The lowest BCUT2D eigenvalue weighted by atomic mass is 9.87. The molecular formula is C24H32N2O2. The highest BCUT2D eigenvalue weighted by atomic mass is 16.3. The number of rotatable bonds is 6. The van der Waals surface area contributed by atoms with Gasteiger partial charge in [-0.1, -0.05) is 36.4 Å². The molecule has 2 aromatic rings. The zero-order chi connectivity index (χ0) is 20.1. The molecule has 2 atom stereocenters. The molecule has 1 amide bonds. The molecular weight excluding hydrogens is 348 g/mol. The Morgan fingerprint density at radius 3 is 2.50 bits per heavy atom. The number of aliphatic hydroxyl groups is 1. The third-order valence-corrected chi connectivity index (χ3v) is 5.97. The lowest BCUT2D eigenvalue weighted by molar-refractivity contribution is 0.0495. The molecule has 0 saturated carbocycles. The lowest BCUT2D eigenvalue weighted by Gasteiger charge is -2.41. The smallest absolute Gasteiger partial charge is 0.253 e. The summed E-state index contributed by atoms with van der Waals surface area (Å²) < 4.78 is 0. The number of piperidine rings is 1. The van der Waals surface area contributed by atoms with E-state index in [-0.39, 0.29) is 12.5 Å². The van der Waals surface area contributed by atoms with Crippen LogP contribution in [-0.4, -0.2) is 60.6 Å². The Labute approximate surface area is 168 Å². The third kappa shape index (κ3) is 4.62. The molecule has 0 aliphatic carbocycles. The van der Waals surface area contributed by atoms with Crippen molar-refractivity contribution in [3.8, 4) is 11.1 Å². The van der Waals surface area contributed by atoms with E-state index >= 15 is 0 Å². The molecule has 28 heavy (non-hydrogen) atoms. The first kappa shape index (κ1) is 20.6. The molecule has 4 heteroatoms. The van der Waals surface area contributed by atoms with Gasteiger partial charge in [-0.25, -0.2) is 0 Å². The van der Waals surface area contributed by atoms with E-state index in [1.54, 1.807) is 0 Å². The summed E-state index contributed by atoms with van der Waals surface area (Å²) in [6, 6.07) is 16.8. The van der Waals surface area contributed by atoms with Gasteiger partial charge in [0.05, 0.1) is 0 Å². The van der Waals surface area contributed by atoms with Gasteiger partial charge in [0.2, 0.25) is 0 Å². The molecule has 0 aromatic heterocycles. The van der Waals surface area contributed by atoms with Gasteiger partial charge in [0.25, 0.3) is 5.91 Å². The summed E-state index contributed by atoms with van der Waals surface area (Å²) in [5.41, 5.74) is 4.33. The van der Waals surface area contributed by atoms with Crippen LogP contribution in [0.4, 0.5) is 0 Å². The number of hydrogen-bond donors (Lipinski definition) is 1. The number of carbonyl (C=O) groups is 1. The highest BCUT2D eigenvalue weighted by molar-refractivity contribution is 5.94. The van der Waals surface area contributed by atoms with Gasteiger partial charge in [-0.15, -0.1) is 0 Å². The van der Waals surface area contributed by atoms with Gasteiger partial charge in [0.15, 0.2) is 0 Å². The van der Waals surface area contributed by atoms with Crippen LogP contribution >= 0.6 is 0 Å². The van der Waals surface area contributed by atoms with E-state index in [0.717, 1.165) is 43.5 Å². The topological polar surface area (TPSA) is 43.8 Å². The van der Waals surface area contributed by atoms with Gasteiger partial charge in [-0.2, -0.15) is 0 Å². The van der Waals surface area contributed by atoms with Crippen LogP contribution in [0, 0.1) is 12.8 Å². The first-order valence-electron chi connectivity index (χ1n) is 10.2. The van der Waals surface area contributed by atoms with E-state index in [4.69, 9.17) is 0 Å². The second kappa shape index (κ2) is 9.35. The van der Waals surface area contributed by atoms with E-state index in [9.17, 15) is 9.90 Å². The van der Waals surface area contributed by atoms with Gasteiger partial charge < -0.3 is 14.9 Å². The fraction of sp³-hybridized carbons (Fsp3) is 0.458. The Balaban J connectivity index is 1.72. The number of carbonyl (C=O) groups excluding carboxylic acids is 1. The summed E-state index contributed by atoms with van der Waals surface area (Å²) in [6.45, 7) is 3.87. The Morgan fingerprint density at radius 2 is 1.86 bits per heavy atom. The number of benzene rings is 2. The van der Waals surface area contributed by atoms with Crippen LogP contribution < -0.4 is 0 Å². The monoisotopic (exact) mass is 380 g/mol. The normalized spacial score (nSPS) is 19.8. The van der Waals surface area contributed by atoms with Gasteiger partial charge in [-0.3, -0.25) is 4.79 Å². The fourth-order valence-corrected chi connectivity index (χ4v) is 4.39. The number of aryl methyl sites for hydroxylation is 1. The highest BCUT2D eigenvalue weighted by Gasteiger charge is 2.32. The first-order valence-corrected chi connectivity index (χ1v) is 10.2. The summed E-state index contributed by atoms with van der Waals surface area (Å²) in [6.07, 6.45) is 2.73. The molecule has 3 rings (SSSR count). The summed E-state index contributed by atoms with van der Waals surface area (Å²) in [5, 5.41) is 9.22. The van der Waals surface area contributed by atoms with Crippen molar-refractivity contribution in [3.63, 3.8) is 0 Å². The number of nitrogens with zero attached hydrogens (tertiary/aromatic N) is 2. The van der Waals surface area contributed by atoms with Crippen molar-refractivity contribution in [1.29, 1.82) is 0 Å². The SMILES string of the molecule is Cc1ccccc1-c1ccc(C(=O)N2CC[C@@H](N(C)C)[C@@H](CCCO)C2)cc1. The zero-order valence-electron chi connectivity index (χ0n) is 17.3. The minimum absolute atomic E-state index is 0.113. The summed E-state index contributed by atoms with van der Waals surface area (Å²) in [5.74, 6) is 0.522. The maximum absolute atomic E-state index is 13.1. The summed E-state index contributed by atoms with van der Waals surface area (Å²) in [4.78, 5) is 17.3. The molecule has 1 aliphatic heterocycles. The second-order valence-electron chi connectivity index (χ2n) is 8.09. The average molecular weight is 381 g/mol. The van der Waals surface area contributed by atoms with E-state index in [1.807, 2.05) is 41.3 Å². The van der Waals surface area contributed by atoms with Crippen LogP contribution in [0.2, 0.25) is 0 Å². The largest absolute Gasteiger partial charge is 0.396 e. The molecule has 1 fully saturated rings. The number of aliphatic hydroxyl groups excluding tert-OH is 1. The van der Waals surface area contributed by atoms with Crippen molar-refractivity contribution in [1.82, 2.24) is 9.80 Å². The molecule has 1 saturated heterocycles. The molecule has 2 aromatic carbocycles. The van der Waals surface area contributed by atoms with E-state index in [0.29, 0.717) is 12.0 Å². The van der Waals surface area contributed by atoms with E-state index in [2.05, 4.69) is 38.1 Å². The van der Waals surface area contributed by atoms with Crippen molar-refractivity contribution in [3.05, 3.63) is 59.7 Å². The molecule has 0 unspecified atom stereocenters. The maximum Gasteiger partial charge on any atom is 0.253 e. The quantitative estimate of drug-likeness (QED) is 0.828. The minimum Gasteiger partial charge on any atom is -0.396 e. The predicted molar refractivity (Wildman–Crippen MR) is 114 cm³/mol. The number of likely N-dealkylation sites (tertiary alicyclic amines) is 1. The fourth-order valence-electron chi connectivity index (χ4n) is 4.39. The summed E-state index contributed by atoms with van der Waals surface area (Å²) >= 11 is 0. The Morgan fingerprint density at radius 1 is 1.14 bits per heavy atom. The van der Waals surface area contributed by atoms with Crippen molar-refractivity contribution < 1.29 is 9.90 Å². The molecule has 4 nitrogen and oxygen atoms in total. The third-order valence-electron chi connectivity index (χ3n) is 5.97. The van der Waals surface area contributed by atoms with E-state index < -0.39 is 0 Å². The van der Waals surface area contributed by atoms with Gasteiger partial charge in [0.1, 0.15) is 0 Å². The Kier molecular flexibility index (Phi) is 6.87. The molecule has 0 bridgehead atoms. The first-order chi connectivity index (χ1) is 13.5. The van der Waals surface area contributed by atoms with Crippen LogP contribution in [0.25, 0.3) is 11.1 Å². The van der Waals surface area contributed by atoms with Crippen molar-refractivity contribution in [2.45, 2.75) is 32.2 Å². The lowest BCUT2D eigenvalue weighted by Crippen LogP contribution is -2.50. The molecule has 150 valence electrons. The molecule has 1 heterocycles. The second-order valence-corrected chi connectivity index (χ2v) is 8.09.